The molecule has 0 N–H and O–H groups in total. The van der Waals surface area contributed by atoms with Gasteiger partial charge in [-0.2, -0.15) is 0 Å². The highest BCUT2D eigenvalue weighted by molar-refractivity contribution is 5.89. The summed E-state index contributed by atoms with van der Waals surface area (Å²) in [4.78, 5) is 0. The van der Waals surface area contributed by atoms with E-state index in [1.807, 2.05) is 0 Å². The Labute approximate surface area is 85.0 Å². The standard InChI is InChI=1S/C14H14/c1-2-10-11-6-3-4-7-13(11)14-9-5-8-12(10)14/h3-4,6-10H,2,5H2,1H3. The van der Waals surface area contributed by atoms with Gasteiger partial charge in [-0.3, -0.25) is 0 Å². The van der Waals surface area contributed by atoms with Crippen molar-refractivity contribution in [1.82, 2.24) is 0 Å². The Hall–Kier alpha value is -1.30. The van der Waals surface area contributed by atoms with Gasteiger partial charge in [0.05, 0.1) is 0 Å². The van der Waals surface area contributed by atoms with Crippen LogP contribution in [0.3, 0.4) is 0 Å². The van der Waals surface area contributed by atoms with Gasteiger partial charge in [-0.15, -0.1) is 0 Å². The maximum Gasteiger partial charge on any atom is 0.00958 e. The molecule has 0 spiro atoms. The minimum absolute atomic E-state index is 0.667. The average molecular weight is 182 g/mol. The van der Waals surface area contributed by atoms with Crippen LogP contribution in [0.2, 0.25) is 0 Å². The maximum atomic E-state index is 2.39. The van der Waals surface area contributed by atoms with Crippen LogP contribution in [0.4, 0.5) is 0 Å². The van der Waals surface area contributed by atoms with Crippen molar-refractivity contribution >= 4 is 5.57 Å². The van der Waals surface area contributed by atoms with Crippen molar-refractivity contribution in [3.8, 4) is 0 Å². The first-order valence-electron chi connectivity index (χ1n) is 5.41. The second-order valence-corrected chi connectivity index (χ2v) is 4.06. The molecule has 1 atom stereocenters. The molecule has 0 bridgehead atoms. The molecule has 0 saturated carbocycles. The highest BCUT2D eigenvalue weighted by atomic mass is 14.3. The number of fused-ring (bicyclic) bond motifs is 3. The molecule has 1 unspecified atom stereocenters. The highest BCUT2D eigenvalue weighted by Gasteiger charge is 2.30. The first-order chi connectivity index (χ1) is 6.92. The summed E-state index contributed by atoms with van der Waals surface area (Å²) in [6.45, 7) is 2.28. The molecule has 2 aliphatic carbocycles. The number of benzene rings is 1. The predicted octanol–water partition coefficient (Wildman–Crippen LogP) is 3.91. The number of rotatable bonds is 1. The van der Waals surface area contributed by atoms with E-state index in [0.29, 0.717) is 5.92 Å². The van der Waals surface area contributed by atoms with Gasteiger partial charge in [0.1, 0.15) is 0 Å². The molecule has 14 heavy (non-hydrogen) atoms. The molecule has 70 valence electrons. The predicted molar refractivity (Wildman–Crippen MR) is 60.2 cm³/mol. The van der Waals surface area contributed by atoms with Gasteiger partial charge in [0, 0.05) is 5.92 Å². The summed E-state index contributed by atoms with van der Waals surface area (Å²) in [5, 5.41) is 0. The fourth-order valence-electron chi connectivity index (χ4n) is 2.78. The normalized spacial score (nSPS) is 22.8. The lowest BCUT2D eigenvalue weighted by Gasteiger charge is -2.08. The van der Waals surface area contributed by atoms with Crippen molar-refractivity contribution in [2.45, 2.75) is 25.7 Å². The van der Waals surface area contributed by atoms with Crippen molar-refractivity contribution in [2.75, 3.05) is 0 Å². The number of hydrogen-bond acceptors (Lipinski definition) is 0. The maximum absolute atomic E-state index is 2.39. The summed E-state index contributed by atoms with van der Waals surface area (Å²) in [5.74, 6) is 0.667. The topological polar surface area (TPSA) is 0 Å². The molecule has 2 aliphatic rings. The van der Waals surface area contributed by atoms with Crippen LogP contribution in [-0.2, 0) is 0 Å². The molecular weight excluding hydrogens is 168 g/mol. The van der Waals surface area contributed by atoms with Crippen LogP contribution >= 0.6 is 0 Å². The molecule has 0 heteroatoms. The average Bonchev–Trinajstić information content (AvgIpc) is 2.77. The Morgan fingerprint density at radius 1 is 1.21 bits per heavy atom. The summed E-state index contributed by atoms with van der Waals surface area (Å²) in [6.07, 6.45) is 7.11. The summed E-state index contributed by atoms with van der Waals surface area (Å²) in [6, 6.07) is 8.84. The van der Waals surface area contributed by atoms with E-state index in [4.69, 9.17) is 0 Å². The number of allylic oxidation sites excluding steroid dienone is 4. The molecule has 0 radical (unpaired) electrons. The van der Waals surface area contributed by atoms with E-state index in [2.05, 4.69) is 43.3 Å². The van der Waals surface area contributed by atoms with Crippen molar-refractivity contribution < 1.29 is 0 Å². The molecule has 0 aliphatic heterocycles. The number of hydrogen-bond donors (Lipinski definition) is 0. The summed E-state index contributed by atoms with van der Waals surface area (Å²) < 4.78 is 0. The van der Waals surface area contributed by atoms with E-state index in [-0.39, 0.29) is 0 Å². The largest absolute Gasteiger partial charge is 0.0763 e. The van der Waals surface area contributed by atoms with Crippen LogP contribution < -0.4 is 0 Å². The third-order valence-electron chi connectivity index (χ3n) is 3.38. The van der Waals surface area contributed by atoms with E-state index in [1.54, 1.807) is 5.57 Å². The molecule has 3 rings (SSSR count). The SMILES string of the molecule is CCC1C2=CCC=C2c2ccccc21. The fourth-order valence-corrected chi connectivity index (χ4v) is 2.78. The molecule has 0 nitrogen and oxygen atoms in total. The van der Waals surface area contributed by atoms with Crippen LogP contribution in [-0.4, -0.2) is 0 Å². The van der Waals surface area contributed by atoms with Gasteiger partial charge in [0.25, 0.3) is 0 Å². The first-order valence-corrected chi connectivity index (χ1v) is 5.41. The Bertz CT molecular complexity index is 435. The molecule has 0 heterocycles. The summed E-state index contributed by atoms with van der Waals surface area (Å²) >= 11 is 0. The third-order valence-corrected chi connectivity index (χ3v) is 3.38. The Balaban J connectivity index is 2.25. The lowest BCUT2D eigenvalue weighted by atomic mass is 9.95. The van der Waals surface area contributed by atoms with Gasteiger partial charge in [0.15, 0.2) is 0 Å². The Kier molecular flexibility index (Phi) is 1.63. The third kappa shape index (κ3) is 0.886. The van der Waals surface area contributed by atoms with E-state index < -0.39 is 0 Å². The molecule has 0 fully saturated rings. The van der Waals surface area contributed by atoms with Crippen LogP contribution in [0.5, 0.6) is 0 Å². The van der Waals surface area contributed by atoms with Crippen LogP contribution in [0.15, 0.2) is 42.0 Å². The monoisotopic (exact) mass is 182 g/mol. The molecule has 0 aromatic heterocycles. The van der Waals surface area contributed by atoms with Crippen molar-refractivity contribution in [3.05, 3.63) is 53.1 Å². The highest BCUT2D eigenvalue weighted by Crippen LogP contribution is 2.49. The zero-order chi connectivity index (χ0) is 9.54. The van der Waals surface area contributed by atoms with Gasteiger partial charge in [-0.1, -0.05) is 43.3 Å². The van der Waals surface area contributed by atoms with Gasteiger partial charge in [-0.05, 0) is 35.1 Å². The summed E-state index contributed by atoms with van der Waals surface area (Å²) in [7, 11) is 0. The smallest absolute Gasteiger partial charge is 0.00958 e. The first kappa shape index (κ1) is 8.05. The van der Waals surface area contributed by atoms with E-state index in [1.165, 1.54) is 23.1 Å². The van der Waals surface area contributed by atoms with Crippen molar-refractivity contribution in [3.63, 3.8) is 0 Å². The zero-order valence-electron chi connectivity index (χ0n) is 8.46. The zero-order valence-corrected chi connectivity index (χ0v) is 8.46. The van der Waals surface area contributed by atoms with Gasteiger partial charge < -0.3 is 0 Å². The van der Waals surface area contributed by atoms with E-state index in [0.717, 1.165) is 6.42 Å². The van der Waals surface area contributed by atoms with Crippen LogP contribution in [0.25, 0.3) is 5.57 Å². The molecular formula is C14H14. The second kappa shape index (κ2) is 2.84. The minimum atomic E-state index is 0.667. The molecule has 0 saturated heterocycles. The summed E-state index contributed by atoms with van der Waals surface area (Å²) in [5.41, 5.74) is 6.09. The lowest BCUT2D eigenvalue weighted by Crippen LogP contribution is -1.92. The van der Waals surface area contributed by atoms with E-state index in [9.17, 15) is 0 Å². The van der Waals surface area contributed by atoms with E-state index >= 15 is 0 Å². The van der Waals surface area contributed by atoms with Crippen molar-refractivity contribution in [1.29, 1.82) is 0 Å². The van der Waals surface area contributed by atoms with Gasteiger partial charge in [-0.25, -0.2) is 0 Å². The second-order valence-electron chi connectivity index (χ2n) is 4.06. The quantitative estimate of drug-likeness (QED) is 0.617. The van der Waals surface area contributed by atoms with Gasteiger partial charge in [0.2, 0.25) is 0 Å². The van der Waals surface area contributed by atoms with Crippen molar-refractivity contribution in [2.24, 2.45) is 0 Å². The molecule has 1 aromatic rings. The Morgan fingerprint density at radius 3 is 2.93 bits per heavy atom. The van der Waals surface area contributed by atoms with Crippen LogP contribution in [0.1, 0.15) is 36.8 Å². The van der Waals surface area contributed by atoms with Crippen LogP contribution in [0, 0.1) is 0 Å². The Morgan fingerprint density at radius 2 is 2.07 bits per heavy atom. The minimum Gasteiger partial charge on any atom is -0.0763 e. The fraction of sp³-hybridized carbons (Fsp3) is 0.286. The lowest BCUT2D eigenvalue weighted by molar-refractivity contribution is 0.797. The van der Waals surface area contributed by atoms with Gasteiger partial charge >= 0.3 is 0 Å². The molecule has 0 amide bonds. The molecule has 1 aromatic carbocycles.